The van der Waals surface area contributed by atoms with E-state index in [2.05, 4.69) is 17.2 Å². The first-order valence-electron chi connectivity index (χ1n) is 8.92. The minimum Gasteiger partial charge on any atom is -0.328 e. The van der Waals surface area contributed by atoms with Crippen LogP contribution in [0, 0.1) is 0 Å². The number of carbonyl (C=O) groups is 1. The van der Waals surface area contributed by atoms with Gasteiger partial charge in [-0.3, -0.25) is 14.2 Å². The summed E-state index contributed by atoms with van der Waals surface area (Å²) in [6.45, 7) is 1.79. The zero-order valence-corrected chi connectivity index (χ0v) is 15.7. The number of aryl methyl sites for hydroxylation is 3. The first-order chi connectivity index (χ1) is 12.9. The van der Waals surface area contributed by atoms with Crippen LogP contribution in [-0.2, 0) is 31.9 Å². The summed E-state index contributed by atoms with van der Waals surface area (Å²) in [4.78, 5) is 41.5. The van der Waals surface area contributed by atoms with Crippen LogP contribution < -0.4 is 16.6 Å². The van der Waals surface area contributed by atoms with Crippen molar-refractivity contribution in [3.8, 4) is 0 Å². The third-order valence-corrected chi connectivity index (χ3v) is 4.56. The van der Waals surface area contributed by atoms with Gasteiger partial charge in [-0.2, -0.15) is 0 Å². The number of hydrogen-bond acceptors (Lipinski definition) is 4. The summed E-state index contributed by atoms with van der Waals surface area (Å²) in [6, 6.07) is 7.60. The van der Waals surface area contributed by atoms with Crippen LogP contribution in [0.3, 0.4) is 0 Å². The molecule has 8 nitrogen and oxygen atoms in total. The molecule has 1 amide bonds. The van der Waals surface area contributed by atoms with Crippen LogP contribution in [0.1, 0.15) is 25.3 Å². The first-order valence-corrected chi connectivity index (χ1v) is 8.92. The lowest BCUT2D eigenvalue weighted by Crippen LogP contribution is -2.42. The molecule has 8 heteroatoms. The second-order valence-electron chi connectivity index (χ2n) is 6.61. The van der Waals surface area contributed by atoms with Gasteiger partial charge >= 0.3 is 5.69 Å². The highest BCUT2D eigenvalue weighted by Gasteiger charge is 2.17. The van der Waals surface area contributed by atoms with Crippen molar-refractivity contribution in [3.63, 3.8) is 0 Å². The number of benzene rings is 1. The van der Waals surface area contributed by atoms with Crippen LogP contribution in [0.25, 0.3) is 11.2 Å². The van der Waals surface area contributed by atoms with Gasteiger partial charge in [0.05, 0.1) is 6.33 Å². The topological polar surface area (TPSA) is 90.9 Å². The number of hydrogen-bond donors (Lipinski definition) is 1. The molecule has 0 aliphatic rings. The molecule has 0 aliphatic carbocycles. The highest BCUT2D eigenvalue weighted by atomic mass is 16.2. The Labute approximate surface area is 156 Å². The minimum atomic E-state index is -0.573. The van der Waals surface area contributed by atoms with Crippen molar-refractivity contribution >= 4 is 22.8 Å². The molecule has 0 bridgehead atoms. The number of carbonyl (C=O) groups excluding carboxylic acids is 1. The summed E-state index contributed by atoms with van der Waals surface area (Å²) in [5, 5.41) is 2.73. The second-order valence-corrected chi connectivity index (χ2v) is 6.61. The Morgan fingerprint density at radius 1 is 1.15 bits per heavy atom. The molecule has 0 unspecified atom stereocenters. The molecule has 142 valence electrons. The van der Waals surface area contributed by atoms with E-state index in [-0.39, 0.29) is 12.1 Å². The number of unbranched alkanes of at least 4 members (excludes halogenated alkanes) is 1. The summed E-state index contributed by atoms with van der Waals surface area (Å²) in [5.41, 5.74) is 1.32. The third-order valence-electron chi connectivity index (χ3n) is 4.56. The summed E-state index contributed by atoms with van der Waals surface area (Å²) >= 11 is 0. The van der Waals surface area contributed by atoms with E-state index in [1.165, 1.54) is 23.5 Å². The molecule has 2 aromatic heterocycles. The lowest BCUT2D eigenvalue weighted by atomic mass is 10.1. The highest BCUT2D eigenvalue weighted by molar-refractivity contribution is 5.90. The Morgan fingerprint density at radius 2 is 1.85 bits per heavy atom. The maximum Gasteiger partial charge on any atom is 0.332 e. The summed E-state index contributed by atoms with van der Waals surface area (Å²) < 4.78 is 3.74. The lowest BCUT2D eigenvalue weighted by Gasteiger charge is -2.10. The summed E-state index contributed by atoms with van der Waals surface area (Å²) in [7, 11) is 3.20. The Kier molecular flexibility index (Phi) is 5.25. The van der Waals surface area contributed by atoms with E-state index in [1.54, 1.807) is 11.6 Å². The first kappa shape index (κ1) is 18.6. The number of imidazole rings is 1. The van der Waals surface area contributed by atoms with Gasteiger partial charge in [-0.15, -0.1) is 0 Å². The molecule has 0 spiro atoms. The highest BCUT2D eigenvalue weighted by Crippen LogP contribution is 2.12. The zero-order valence-electron chi connectivity index (χ0n) is 15.7. The molecule has 27 heavy (non-hydrogen) atoms. The van der Waals surface area contributed by atoms with Crippen molar-refractivity contribution in [3.05, 3.63) is 57.0 Å². The number of nitrogens with zero attached hydrogens (tertiary/aromatic N) is 4. The van der Waals surface area contributed by atoms with Crippen molar-refractivity contribution in [1.82, 2.24) is 18.7 Å². The predicted molar refractivity (Wildman–Crippen MR) is 104 cm³/mol. The van der Waals surface area contributed by atoms with Crippen molar-refractivity contribution in [2.75, 3.05) is 5.32 Å². The largest absolute Gasteiger partial charge is 0.332 e. The number of nitrogens with one attached hydrogen (secondary N) is 1. The van der Waals surface area contributed by atoms with Gasteiger partial charge in [0.2, 0.25) is 5.91 Å². The maximum absolute atomic E-state index is 12.6. The second kappa shape index (κ2) is 7.61. The van der Waals surface area contributed by atoms with Crippen molar-refractivity contribution in [1.29, 1.82) is 0 Å². The minimum absolute atomic E-state index is 0.283. The van der Waals surface area contributed by atoms with E-state index in [0.29, 0.717) is 11.3 Å². The number of amides is 1. The predicted octanol–water partition coefficient (Wildman–Crippen LogP) is 1.41. The Bertz CT molecular complexity index is 1090. The fraction of sp³-hybridized carbons (Fsp3) is 0.368. The Morgan fingerprint density at radius 3 is 2.52 bits per heavy atom. The van der Waals surface area contributed by atoms with Gasteiger partial charge in [-0.25, -0.2) is 14.3 Å². The Balaban J connectivity index is 1.81. The van der Waals surface area contributed by atoms with Crippen molar-refractivity contribution in [2.45, 2.75) is 32.7 Å². The van der Waals surface area contributed by atoms with Crippen LogP contribution in [-0.4, -0.2) is 24.6 Å². The number of anilines is 1. The van der Waals surface area contributed by atoms with Gasteiger partial charge in [0.15, 0.2) is 11.2 Å². The fourth-order valence-corrected chi connectivity index (χ4v) is 3.02. The number of fused-ring (bicyclic) bond motifs is 1. The van der Waals surface area contributed by atoms with E-state index in [4.69, 9.17) is 0 Å². The SMILES string of the molecule is CCCCc1ccc(NC(=O)Cn2c(=O)c3c(ncn3C)n(C)c2=O)cc1. The normalized spacial score (nSPS) is 11.1. The molecule has 0 saturated carbocycles. The number of rotatable bonds is 6. The molecule has 0 fully saturated rings. The molecule has 3 aromatic rings. The molecule has 0 aliphatic heterocycles. The summed E-state index contributed by atoms with van der Waals surface area (Å²) in [6.07, 6.45) is 4.72. The molecular formula is C19H23N5O3. The van der Waals surface area contributed by atoms with Crippen molar-refractivity contribution < 1.29 is 4.79 Å². The van der Waals surface area contributed by atoms with Gasteiger partial charge in [-0.05, 0) is 30.5 Å². The van der Waals surface area contributed by atoms with Crippen LogP contribution in [0.5, 0.6) is 0 Å². The molecule has 0 radical (unpaired) electrons. The van der Waals surface area contributed by atoms with Gasteiger partial charge < -0.3 is 9.88 Å². The average Bonchev–Trinajstić information content (AvgIpc) is 3.05. The Hall–Kier alpha value is -3.16. The average molecular weight is 369 g/mol. The third kappa shape index (κ3) is 3.69. The standard InChI is InChI=1S/C19H23N5O3/c1-4-5-6-13-7-9-14(10-8-13)21-15(25)11-24-18(26)16-17(20-12-22(16)2)23(3)19(24)27/h7-10,12H,4-6,11H2,1-3H3,(H,21,25). The molecule has 1 N–H and O–H groups in total. The van der Waals surface area contributed by atoms with Gasteiger partial charge in [-0.1, -0.05) is 25.5 Å². The summed E-state index contributed by atoms with van der Waals surface area (Å²) in [5.74, 6) is -0.433. The molecule has 1 aromatic carbocycles. The maximum atomic E-state index is 12.6. The molecule has 3 rings (SSSR count). The molecule has 2 heterocycles. The molecule has 0 atom stereocenters. The van der Waals surface area contributed by atoms with E-state index < -0.39 is 17.2 Å². The smallest absolute Gasteiger partial charge is 0.328 e. The van der Waals surface area contributed by atoms with Gasteiger partial charge in [0, 0.05) is 19.8 Å². The van der Waals surface area contributed by atoms with Gasteiger partial charge in [0.1, 0.15) is 6.54 Å². The lowest BCUT2D eigenvalue weighted by molar-refractivity contribution is -0.116. The van der Waals surface area contributed by atoms with Gasteiger partial charge in [0.25, 0.3) is 5.56 Å². The molecular weight excluding hydrogens is 346 g/mol. The van der Waals surface area contributed by atoms with Crippen LogP contribution in [0.15, 0.2) is 40.2 Å². The van der Waals surface area contributed by atoms with E-state index in [1.807, 2.05) is 24.3 Å². The zero-order chi connectivity index (χ0) is 19.6. The van der Waals surface area contributed by atoms with E-state index in [9.17, 15) is 14.4 Å². The van der Waals surface area contributed by atoms with Crippen LogP contribution >= 0.6 is 0 Å². The quantitative estimate of drug-likeness (QED) is 0.711. The van der Waals surface area contributed by atoms with E-state index in [0.717, 1.165) is 23.8 Å². The van der Waals surface area contributed by atoms with Crippen molar-refractivity contribution in [2.24, 2.45) is 14.1 Å². The van der Waals surface area contributed by atoms with E-state index >= 15 is 0 Å². The number of aromatic nitrogens is 4. The van der Waals surface area contributed by atoms with Crippen LogP contribution in [0.4, 0.5) is 5.69 Å². The monoisotopic (exact) mass is 369 g/mol. The van der Waals surface area contributed by atoms with Crippen LogP contribution in [0.2, 0.25) is 0 Å². The fourth-order valence-electron chi connectivity index (χ4n) is 3.02. The molecule has 0 saturated heterocycles.